The summed E-state index contributed by atoms with van der Waals surface area (Å²) in [6, 6.07) is 0. The van der Waals surface area contributed by atoms with Crippen molar-refractivity contribution >= 4 is 0 Å². The van der Waals surface area contributed by atoms with E-state index < -0.39 is 17.8 Å². The summed E-state index contributed by atoms with van der Waals surface area (Å²) < 4.78 is 0. The van der Waals surface area contributed by atoms with Crippen LogP contribution in [-0.4, -0.2) is 33.1 Å². The molecular weight excluding hydrogens is 168 g/mol. The van der Waals surface area contributed by atoms with E-state index >= 15 is 0 Å². The van der Waals surface area contributed by atoms with Crippen LogP contribution in [0.3, 0.4) is 0 Å². The molecule has 78 valence electrons. The van der Waals surface area contributed by atoms with E-state index in [9.17, 15) is 15.3 Å². The van der Waals surface area contributed by atoms with Gasteiger partial charge in [0.2, 0.25) is 0 Å². The first kappa shape index (κ1) is 11.0. The lowest BCUT2D eigenvalue weighted by atomic mass is 9.87. The molecule has 3 heteroatoms. The molecule has 3 N–H and O–H groups in total. The van der Waals surface area contributed by atoms with Gasteiger partial charge in [0, 0.05) is 5.92 Å². The van der Waals surface area contributed by atoms with E-state index in [-0.39, 0.29) is 11.8 Å². The second kappa shape index (κ2) is 3.56. The molecular formula is C10H20O3. The van der Waals surface area contributed by atoms with Gasteiger partial charge in [-0.15, -0.1) is 0 Å². The maximum absolute atomic E-state index is 9.75. The fraction of sp³-hybridized carbons (Fsp3) is 1.00. The van der Waals surface area contributed by atoms with Crippen molar-refractivity contribution in [2.24, 2.45) is 11.8 Å². The molecule has 0 aromatic rings. The summed E-state index contributed by atoms with van der Waals surface area (Å²) >= 11 is 0. The molecule has 1 rings (SSSR count). The van der Waals surface area contributed by atoms with Crippen LogP contribution in [0.15, 0.2) is 0 Å². The van der Waals surface area contributed by atoms with Gasteiger partial charge in [0.05, 0.1) is 17.8 Å². The molecule has 0 aliphatic heterocycles. The molecule has 1 fully saturated rings. The van der Waals surface area contributed by atoms with Gasteiger partial charge in [-0.3, -0.25) is 0 Å². The number of rotatable bonds is 2. The predicted molar refractivity (Wildman–Crippen MR) is 50.2 cm³/mol. The molecule has 0 aromatic carbocycles. The molecule has 0 heterocycles. The van der Waals surface area contributed by atoms with Crippen LogP contribution < -0.4 is 0 Å². The molecule has 4 atom stereocenters. The Morgan fingerprint density at radius 2 is 1.77 bits per heavy atom. The summed E-state index contributed by atoms with van der Waals surface area (Å²) in [5, 5.41) is 29.1. The zero-order valence-corrected chi connectivity index (χ0v) is 8.57. The summed E-state index contributed by atoms with van der Waals surface area (Å²) in [6.07, 6.45) is 0.124. The average molecular weight is 188 g/mol. The van der Waals surface area contributed by atoms with Gasteiger partial charge in [-0.2, -0.15) is 0 Å². The maximum Gasteiger partial charge on any atom is 0.0857 e. The average Bonchev–Trinajstić information content (AvgIpc) is 2.28. The van der Waals surface area contributed by atoms with Crippen molar-refractivity contribution < 1.29 is 15.3 Å². The number of aliphatic hydroxyl groups is 3. The number of aliphatic hydroxyl groups excluding tert-OH is 2. The fourth-order valence-corrected chi connectivity index (χ4v) is 2.24. The molecule has 0 amide bonds. The lowest BCUT2D eigenvalue weighted by Crippen LogP contribution is -2.39. The van der Waals surface area contributed by atoms with Crippen molar-refractivity contribution in [2.75, 3.05) is 0 Å². The third kappa shape index (κ3) is 2.03. The zero-order chi connectivity index (χ0) is 10.2. The van der Waals surface area contributed by atoms with Crippen molar-refractivity contribution in [3.8, 4) is 0 Å². The molecule has 0 aromatic heterocycles. The Morgan fingerprint density at radius 3 is 2.00 bits per heavy atom. The van der Waals surface area contributed by atoms with Gasteiger partial charge < -0.3 is 15.3 Å². The Balaban J connectivity index is 2.71. The molecule has 3 nitrogen and oxygen atoms in total. The van der Waals surface area contributed by atoms with E-state index in [1.54, 1.807) is 13.8 Å². The van der Waals surface area contributed by atoms with Crippen molar-refractivity contribution in [3.63, 3.8) is 0 Å². The van der Waals surface area contributed by atoms with Crippen LogP contribution in [0.4, 0.5) is 0 Å². The predicted octanol–water partition coefficient (Wildman–Crippen LogP) is 0.525. The third-order valence-corrected chi connectivity index (χ3v) is 3.23. The smallest absolute Gasteiger partial charge is 0.0857 e. The maximum atomic E-state index is 9.75. The molecule has 1 aliphatic rings. The van der Waals surface area contributed by atoms with E-state index in [1.807, 2.05) is 6.92 Å². The molecule has 13 heavy (non-hydrogen) atoms. The van der Waals surface area contributed by atoms with Crippen LogP contribution in [0.2, 0.25) is 0 Å². The van der Waals surface area contributed by atoms with Crippen molar-refractivity contribution in [1.82, 2.24) is 0 Å². The monoisotopic (exact) mass is 188 g/mol. The van der Waals surface area contributed by atoms with Crippen LogP contribution in [-0.2, 0) is 0 Å². The number of hydrogen-bond acceptors (Lipinski definition) is 3. The largest absolute Gasteiger partial charge is 0.390 e. The van der Waals surface area contributed by atoms with Gasteiger partial charge in [-0.05, 0) is 26.2 Å². The standard InChI is InChI=1S/C10H20O3/c1-4-6-5-7(10(2,3)13)9(12)8(6)11/h6-9,11-13H,4-5H2,1-3H3/t6-,7+,8+,9-/m1/s1. The second-order valence-corrected chi connectivity index (χ2v) is 4.65. The highest BCUT2D eigenvalue weighted by atomic mass is 16.3. The summed E-state index contributed by atoms with van der Waals surface area (Å²) in [5.74, 6) is -0.0705. The number of hydrogen-bond donors (Lipinski definition) is 3. The van der Waals surface area contributed by atoms with Gasteiger partial charge >= 0.3 is 0 Å². The van der Waals surface area contributed by atoms with Gasteiger partial charge in [0.1, 0.15) is 0 Å². The van der Waals surface area contributed by atoms with E-state index in [0.717, 1.165) is 6.42 Å². The van der Waals surface area contributed by atoms with Gasteiger partial charge in [-0.25, -0.2) is 0 Å². The van der Waals surface area contributed by atoms with Crippen LogP contribution >= 0.6 is 0 Å². The first-order chi connectivity index (χ1) is 5.88. The second-order valence-electron chi connectivity index (χ2n) is 4.65. The van der Waals surface area contributed by atoms with Crippen molar-refractivity contribution in [1.29, 1.82) is 0 Å². The Morgan fingerprint density at radius 1 is 1.23 bits per heavy atom. The third-order valence-electron chi connectivity index (χ3n) is 3.23. The highest BCUT2D eigenvalue weighted by Gasteiger charge is 2.46. The van der Waals surface area contributed by atoms with E-state index in [2.05, 4.69) is 0 Å². The zero-order valence-electron chi connectivity index (χ0n) is 8.57. The highest BCUT2D eigenvalue weighted by molar-refractivity contribution is 4.96. The van der Waals surface area contributed by atoms with Gasteiger partial charge in [-0.1, -0.05) is 13.3 Å². The SMILES string of the molecule is CC[C@@H]1C[C@H](C(C)(C)O)[C@@H](O)[C@H]1O. The van der Waals surface area contributed by atoms with Crippen LogP contribution in [0.1, 0.15) is 33.6 Å². The normalized spacial score (nSPS) is 41.1. The van der Waals surface area contributed by atoms with E-state index in [0.29, 0.717) is 6.42 Å². The quantitative estimate of drug-likeness (QED) is 0.592. The lowest BCUT2D eigenvalue weighted by Gasteiger charge is -2.28. The van der Waals surface area contributed by atoms with Crippen molar-refractivity contribution in [2.45, 2.75) is 51.4 Å². The fourth-order valence-electron chi connectivity index (χ4n) is 2.24. The minimum Gasteiger partial charge on any atom is -0.390 e. The molecule has 0 unspecified atom stereocenters. The molecule has 0 bridgehead atoms. The van der Waals surface area contributed by atoms with Gasteiger partial charge in [0.25, 0.3) is 0 Å². The Bertz CT molecular complexity index is 173. The minimum atomic E-state index is -0.898. The Labute approximate surface area is 79.4 Å². The highest BCUT2D eigenvalue weighted by Crippen LogP contribution is 2.39. The molecule has 0 spiro atoms. The first-order valence-corrected chi connectivity index (χ1v) is 4.96. The van der Waals surface area contributed by atoms with Crippen LogP contribution in [0.25, 0.3) is 0 Å². The minimum absolute atomic E-state index is 0.131. The summed E-state index contributed by atoms with van der Waals surface area (Å²) in [5.41, 5.74) is -0.898. The van der Waals surface area contributed by atoms with Crippen molar-refractivity contribution in [3.05, 3.63) is 0 Å². The molecule has 1 aliphatic carbocycles. The van der Waals surface area contributed by atoms with Crippen LogP contribution in [0.5, 0.6) is 0 Å². The summed E-state index contributed by atoms with van der Waals surface area (Å²) in [7, 11) is 0. The Kier molecular flexibility index (Phi) is 3.00. The van der Waals surface area contributed by atoms with E-state index in [1.165, 1.54) is 0 Å². The van der Waals surface area contributed by atoms with Gasteiger partial charge in [0.15, 0.2) is 0 Å². The van der Waals surface area contributed by atoms with Crippen LogP contribution in [0, 0.1) is 11.8 Å². The molecule has 1 saturated carbocycles. The summed E-state index contributed by atoms with van der Waals surface area (Å²) in [6.45, 7) is 5.37. The molecule has 0 saturated heterocycles. The Hall–Kier alpha value is -0.120. The lowest BCUT2D eigenvalue weighted by molar-refractivity contribution is -0.0620. The molecule has 0 radical (unpaired) electrons. The topological polar surface area (TPSA) is 60.7 Å². The van der Waals surface area contributed by atoms with E-state index in [4.69, 9.17) is 0 Å². The first-order valence-electron chi connectivity index (χ1n) is 4.96. The summed E-state index contributed by atoms with van der Waals surface area (Å²) in [4.78, 5) is 0.